The number of benzene rings is 6. The van der Waals surface area contributed by atoms with Gasteiger partial charge in [0, 0.05) is 36.5 Å². The maximum absolute atomic E-state index is 5.23. The van der Waals surface area contributed by atoms with E-state index in [9.17, 15) is 0 Å². The third kappa shape index (κ3) is 3.19. The van der Waals surface area contributed by atoms with Crippen LogP contribution in [0.3, 0.4) is 0 Å². The second-order valence-corrected chi connectivity index (χ2v) is 10.9. The number of hydrogen-bond donors (Lipinski definition) is 0. The average molecular weight is 503 g/mol. The zero-order valence-electron chi connectivity index (χ0n) is 20.8. The highest BCUT2D eigenvalue weighted by molar-refractivity contribution is 7.25. The van der Waals surface area contributed by atoms with E-state index in [0.29, 0.717) is 0 Å². The van der Waals surface area contributed by atoms with Crippen LogP contribution in [0.1, 0.15) is 5.69 Å². The van der Waals surface area contributed by atoms with E-state index in [1.165, 1.54) is 42.1 Å². The first-order chi connectivity index (χ1) is 18.7. The minimum Gasteiger partial charge on any atom is -0.249 e. The molecule has 0 spiro atoms. The molecule has 0 saturated carbocycles. The Morgan fingerprint density at radius 3 is 1.68 bits per heavy atom. The first-order valence-corrected chi connectivity index (χ1v) is 13.7. The highest BCUT2D eigenvalue weighted by Gasteiger charge is 2.15. The maximum Gasteiger partial charge on any atom is 0.0979 e. The van der Waals surface area contributed by atoms with Crippen LogP contribution in [0.5, 0.6) is 0 Å². The standard InChI is InChI=1S/C35H22N2S/c1-21-33(37-35-29-12-5-3-9-26(29)25-8-2-4-11-28(25)34(35)36-21)23-16-14-22(15-17-23)24-18-19-32-30(20-24)27-10-6-7-13-31(27)38-32/h2-20H,1H3. The van der Waals surface area contributed by atoms with Crippen molar-refractivity contribution in [2.24, 2.45) is 0 Å². The van der Waals surface area contributed by atoms with Gasteiger partial charge >= 0.3 is 0 Å². The lowest BCUT2D eigenvalue weighted by molar-refractivity contribution is 1.20. The fourth-order valence-electron chi connectivity index (χ4n) is 5.74. The molecule has 0 amide bonds. The molecule has 2 nitrogen and oxygen atoms in total. The summed E-state index contributed by atoms with van der Waals surface area (Å²) in [6.45, 7) is 2.06. The number of aryl methyl sites for hydroxylation is 1. The van der Waals surface area contributed by atoms with Gasteiger partial charge in [-0.2, -0.15) is 0 Å². The van der Waals surface area contributed by atoms with E-state index < -0.39 is 0 Å². The van der Waals surface area contributed by atoms with Gasteiger partial charge in [-0.25, -0.2) is 9.97 Å². The molecular weight excluding hydrogens is 480 g/mol. The predicted molar refractivity (Wildman–Crippen MR) is 163 cm³/mol. The quantitative estimate of drug-likeness (QED) is 0.220. The van der Waals surface area contributed by atoms with Gasteiger partial charge in [0.05, 0.1) is 22.4 Å². The smallest absolute Gasteiger partial charge is 0.0979 e. The second kappa shape index (κ2) is 8.20. The molecule has 3 heteroatoms. The van der Waals surface area contributed by atoms with Crippen molar-refractivity contribution in [3.63, 3.8) is 0 Å². The maximum atomic E-state index is 5.23. The highest BCUT2D eigenvalue weighted by Crippen LogP contribution is 2.38. The highest BCUT2D eigenvalue weighted by atomic mass is 32.1. The normalized spacial score (nSPS) is 11.8. The minimum absolute atomic E-state index is 0.934. The number of aromatic nitrogens is 2. The van der Waals surface area contributed by atoms with Gasteiger partial charge in [-0.1, -0.05) is 97.1 Å². The van der Waals surface area contributed by atoms with Crippen molar-refractivity contribution in [1.82, 2.24) is 9.97 Å². The molecule has 38 heavy (non-hydrogen) atoms. The molecule has 2 aromatic heterocycles. The molecule has 0 bridgehead atoms. The molecule has 0 atom stereocenters. The monoisotopic (exact) mass is 502 g/mol. The summed E-state index contributed by atoms with van der Waals surface area (Å²) in [7, 11) is 0. The molecule has 0 radical (unpaired) electrons. The van der Waals surface area contributed by atoms with Gasteiger partial charge in [-0.3, -0.25) is 0 Å². The summed E-state index contributed by atoms with van der Waals surface area (Å²) in [4.78, 5) is 10.3. The molecular formula is C35H22N2S. The van der Waals surface area contributed by atoms with Crippen LogP contribution in [0.4, 0.5) is 0 Å². The fourth-order valence-corrected chi connectivity index (χ4v) is 6.83. The van der Waals surface area contributed by atoms with Gasteiger partial charge in [0.15, 0.2) is 0 Å². The summed E-state index contributed by atoms with van der Waals surface area (Å²) in [5, 5.41) is 7.37. The van der Waals surface area contributed by atoms with Gasteiger partial charge in [-0.05, 0) is 47.0 Å². The molecule has 0 aliphatic carbocycles. The van der Waals surface area contributed by atoms with Crippen molar-refractivity contribution in [3.05, 3.63) is 121 Å². The van der Waals surface area contributed by atoms with E-state index >= 15 is 0 Å². The van der Waals surface area contributed by atoms with E-state index in [4.69, 9.17) is 9.97 Å². The predicted octanol–water partition coefficient (Wildman–Crippen LogP) is 9.95. The van der Waals surface area contributed by atoms with Crippen LogP contribution < -0.4 is 0 Å². The molecule has 178 valence electrons. The Labute approximate surface area is 223 Å². The van der Waals surface area contributed by atoms with E-state index in [1.54, 1.807) is 0 Å². The van der Waals surface area contributed by atoms with Crippen molar-refractivity contribution in [2.45, 2.75) is 6.92 Å². The lowest BCUT2D eigenvalue weighted by Gasteiger charge is -2.13. The van der Waals surface area contributed by atoms with Crippen LogP contribution in [0.25, 0.3) is 75.1 Å². The molecule has 8 aromatic rings. The first kappa shape index (κ1) is 21.5. The lowest BCUT2D eigenvalue weighted by atomic mass is 9.98. The minimum atomic E-state index is 0.934. The Morgan fingerprint density at radius 1 is 0.447 bits per heavy atom. The molecule has 6 aromatic carbocycles. The van der Waals surface area contributed by atoms with Gasteiger partial charge in [0.25, 0.3) is 0 Å². The molecule has 2 heterocycles. The topological polar surface area (TPSA) is 25.8 Å². The third-order valence-electron chi connectivity index (χ3n) is 7.59. The number of nitrogens with zero attached hydrogens (tertiary/aromatic N) is 2. The van der Waals surface area contributed by atoms with Crippen LogP contribution in [0.15, 0.2) is 115 Å². The summed E-state index contributed by atoms with van der Waals surface area (Å²) in [6.07, 6.45) is 0. The third-order valence-corrected chi connectivity index (χ3v) is 8.74. The summed E-state index contributed by atoms with van der Waals surface area (Å²) in [5.41, 5.74) is 7.31. The van der Waals surface area contributed by atoms with Crippen molar-refractivity contribution >= 4 is 64.1 Å². The fraction of sp³-hybridized carbons (Fsp3) is 0.0286. The summed E-state index contributed by atoms with van der Waals surface area (Å²) >= 11 is 1.85. The summed E-state index contributed by atoms with van der Waals surface area (Å²) in [6, 6.07) is 41.2. The molecule has 0 fully saturated rings. The molecule has 0 unspecified atom stereocenters. The number of hydrogen-bond acceptors (Lipinski definition) is 3. The van der Waals surface area contributed by atoms with Gasteiger partial charge in [-0.15, -0.1) is 11.3 Å². The Balaban J connectivity index is 1.27. The number of rotatable bonds is 2. The van der Waals surface area contributed by atoms with Crippen molar-refractivity contribution in [1.29, 1.82) is 0 Å². The molecule has 0 aliphatic heterocycles. The van der Waals surface area contributed by atoms with Crippen LogP contribution in [-0.4, -0.2) is 9.97 Å². The Hall–Kier alpha value is -4.60. The SMILES string of the molecule is Cc1nc2c3ccccc3c3ccccc3c2nc1-c1ccc(-c2ccc3sc4ccccc4c3c2)cc1. The van der Waals surface area contributed by atoms with Crippen LogP contribution in [-0.2, 0) is 0 Å². The Bertz CT molecular complexity index is 2190. The molecule has 0 saturated heterocycles. The van der Waals surface area contributed by atoms with Crippen LogP contribution in [0, 0.1) is 6.92 Å². The summed E-state index contributed by atoms with van der Waals surface area (Å²) < 4.78 is 2.66. The first-order valence-electron chi connectivity index (χ1n) is 12.8. The molecule has 0 aliphatic rings. The van der Waals surface area contributed by atoms with Gasteiger partial charge in [0.2, 0.25) is 0 Å². The lowest BCUT2D eigenvalue weighted by Crippen LogP contribution is -1.96. The van der Waals surface area contributed by atoms with Crippen molar-refractivity contribution in [2.75, 3.05) is 0 Å². The number of thiophene rings is 1. The number of fused-ring (bicyclic) bond motifs is 9. The Morgan fingerprint density at radius 2 is 0.974 bits per heavy atom. The molecule has 8 rings (SSSR count). The zero-order chi connectivity index (χ0) is 25.2. The van der Waals surface area contributed by atoms with E-state index in [2.05, 4.69) is 122 Å². The average Bonchev–Trinajstić information content (AvgIpc) is 3.35. The van der Waals surface area contributed by atoms with E-state index in [-0.39, 0.29) is 0 Å². The van der Waals surface area contributed by atoms with Crippen LogP contribution >= 0.6 is 11.3 Å². The largest absolute Gasteiger partial charge is 0.249 e. The van der Waals surface area contributed by atoms with Crippen molar-refractivity contribution in [3.8, 4) is 22.4 Å². The Kier molecular flexibility index (Phi) is 4.64. The van der Waals surface area contributed by atoms with E-state index in [0.717, 1.165) is 38.8 Å². The molecule has 0 N–H and O–H groups in total. The van der Waals surface area contributed by atoms with Crippen LogP contribution in [0.2, 0.25) is 0 Å². The zero-order valence-corrected chi connectivity index (χ0v) is 21.6. The summed E-state index contributed by atoms with van der Waals surface area (Å²) in [5.74, 6) is 0. The van der Waals surface area contributed by atoms with Gasteiger partial charge < -0.3 is 0 Å². The van der Waals surface area contributed by atoms with Gasteiger partial charge in [0.1, 0.15) is 0 Å². The van der Waals surface area contributed by atoms with E-state index in [1.807, 2.05) is 11.3 Å². The van der Waals surface area contributed by atoms with Crippen molar-refractivity contribution < 1.29 is 0 Å². The second-order valence-electron chi connectivity index (χ2n) is 9.83.